The van der Waals surface area contributed by atoms with E-state index in [9.17, 15) is 13.2 Å². The molecule has 5 nitrogen and oxygen atoms in total. The molecule has 0 fully saturated rings. The van der Waals surface area contributed by atoms with Crippen LogP contribution >= 0.6 is 0 Å². The Morgan fingerprint density at radius 1 is 1.29 bits per heavy atom. The number of hydrogen-bond acceptors (Lipinski definition) is 3. The van der Waals surface area contributed by atoms with E-state index in [2.05, 4.69) is 5.32 Å². The standard InChI is InChI=1S/C15H24N2O3S/c1-11(2)16-15(18)8-9-17(21(5,19)20)14-7-6-12(3)10-13(14)4/h6-7,10-11H,8-9H2,1-5H3,(H,16,18). The lowest BCUT2D eigenvalue weighted by Crippen LogP contribution is -2.36. The predicted octanol–water partition coefficient (Wildman–Crippen LogP) is 1.98. The minimum absolute atomic E-state index is 0.0466. The fraction of sp³-hybridized carbons (Fsp3) is 0.533. The van der Waals surface area contributed by atoms with Crippen molar-refractivity contribution in [2.24, 2.45) is 0 Å². The van der Waals surface area contributed by atoms with Crippen LogP contribution in [0.4, 0.5) is 5.69 Å². The molecule has 1 aromatic carbocycles. The average molecular weight is 312 g/mol. The molecule has 0 aliphatic rings. The molecule has 0 aromatic heterocycles. The van der Waals surface area contributed by atoms with Gasteiger partial charge in [0.25, 0.3) is 0 Å². The van der Waals surface area contributed by atoms with Crippen LogP contribution in [0.15, 0.2) is 18.2 Å². The van der Waals surface area contributed by atoms with E-state index in [1.54, 1.807) is 6.07 Å². The van der Waals surface area contributed by atoms with Crippen LogP contribution in [0.1, 0.15) is 31.4 Å². The first kappa shape index (κ1) is 17.5. The maximum Gasteiger partial charge on any atom is 0.232 e. The Hall–Kier alpha value is -1.56. The van der Waals surface area contributed by atoms with Crippen molar-refractivity contribution in [1.82, 2.24) is 5.32 Å². The van der Waals surface area contributed by atoms with E-state index < -0.39 is 10.0 Å². The van der Waals surface area contributed by atoms with Crippen LogP contribution in [-0.2, 0) is 14.8 Å². The molecule has 0 aliphatic heterocycles. The second kappa shape index (κ2) is 6.93. The third-order valence-corrected chi connectivity index (χ3v) is 4.19. The van der Waals surface area contributed by atoms with E-state index in [0.29, 0.717) is 5.69 Å². The summed E-state index contributed by atoms with van der Waals surface area (Å²) >= 11 is 0. The Balaban J connectivity index is 2.95. The van der Waals surface area contributed by atoms with Gasteiger partial charge in [0.05, 0.1) is 11.9 Å². The van der Waals surface area contributed by atoms with Crippen LogP contribution in [0.5, 0.6) is 0 Å². The van der Waals surface area contributed by atoms with Gasteiger partial charge in [0.2, 0.25) is 15.9 Å². The summed E-state index contributed by atoms with van der Waals surface area (Å²) in [5.41, 5.74) is 2.58. The van der Waals surface area contributed by atoms with Crippen LogP contribution in [0.25, 0.3) is 0 Å². The van der Waals surface area contributed by atoms with Gasteiger partial charge in [0, 0.05) is 19.0 Å². The summed E-state index contributed by atoms with van der Waals surface area (Å²) < 4.78 is 25.3. The molecule has 0 atom stereocenters. The molecule has 1 amide bonds. The van der Waals surface area contributed by atoms with Crippen LogP contribution in [0.2, 0.25) is 0 Å². The normalized spacial score (nSPS) is 11.5. The van der Waals surface area contributed by atoms with Crippen LogP contribution in [-0.4, -0.2) is 33.2 Å². The lowest BCUT2D eigenvalue weighted by Gasteiger charge is -2.24. The van der Waals surface area contributed by atoms with E-state index in [-0.39, 0.29) is 24.9 Å². The van der Waals surface area contributed by atoms with Gasteiger partial charge < -0.3 is 5.32 Å². The van der Waals surface area contributed by atoms with Crippen molar-refractivity contribution in [3.05, 3.63) is 29.3 Å². The first-order chi connectivity index (χ1) is 9.61. The summed E-state index contributed by atoms with van der Waals surface area (Å²) in [6.07, 6.45) is 1.30. The molecule has 1 rings (SSSR count). The number of anilines is 1. The maximum atomic E-state index is 12.0. The van der Waals surface area contributed by atoms with Gasteiger partial charge in [-0.2, -0.15) is 0 Å². The number of carbonyl (C=O) groups excluding carboxylic acids is 1. The molecule has 118 valence electrons. The number of aryl methyl sites for hydroxylation is 2. The largest absolute Gasteiger partial charge is 0.354 e. The van der Waals surface area contributed by atoms with E-state index in [0.717, 1.165) is 17.4 Å². The van der Waals surface area contributed by atoms with Gasteiger partial charge in [-0.3, -0.25) is 9.10 Å². The van der Waals surface area contributed by atoms with E-state index in [1.165, 1.54) is 4.31 Å². The fourth-order valence-electron chi connectivity index (χ4n) is 2.15. The SMILES string of the molecule is Cc1ccc(N(CCC(=O)NC(C)C)S(C)(=O)=O)c(C)c1. The lowest BCUT2D eigenvalue weighted by atomic mass is 10.1. The first-order valence-electron chi connectivity index (χ1n) is 6.95. The van der Waals surface area contributed by atoms with Gasteiger partial charge in [-0.15, -0.1) is 0 Å². The Morgan fingerprint density at radius 2 is 1.90 bits per heavy atom. The van der Waals surface area contributed by atoms with Crippen molar-refractivity contribution < 1.29 is 13.2 Å². The molecule has 0 saturated carbocycles. The molecule has 1 aromatic rings. The molecule has 0 saturated heterocycles. The highest BCUT2D eigenvalue weighted by Crippen LogP contribution is 2.23. The number of benzene rings is 1. The summed E-state index contributed by atoms with van der Waals surface area (Å²) in [6.45, 7) is 7.71. The van der Waals surface area contributed by atoms with Crippen molar-refractivity contribution in [3.8, 4) is 0 Å². The number of nitrogens with one attached hydrogen (secondary N) is 1. The molecule has 0 spiro atoms. The minimum Gasteiger partial charge on any atom is -0.354 e. The fourth-order valence-corrected chi connectivity index (χ4v) is 3.13. The minimum atomic E-state index is -3.42. The Morgan fingerprint density at radius 3 is 2.38 bits per heavy atom. The predicted molar refractivity (Wildman–Crippen MR) is 86.0 cm³/mol. The Labute approximate surface area is 127 Å². The van der Waals surface area contributed by atoms with Crippen molar-refractivity contribution in [1.29, 1.82) is 0 Å². The highest BCUT2D eigenvalue weighted by Gasteiger charge is 2.20. The molecule has 0 unspecified atom stereocenters. The van der Waals surface area contributed by atoms with Crippen molar-refractivity contribution in [3.63, 3.8) is 0 Å². The molecule has 0 heterocycles. The third-order valence-electron chi connectivity index (χ3n) is 3.01. The second-order valence-corrected chi connectivity index (χ2v) is 7.50. The second-order valence-electron chi connectivity index (χ2n) is 5.60. The van der Waals surface area contributed by atoms with Crippen molar-refractivity contribution in [2.45, 2.75) is 40.2 Å². The van der Waals surface area contributed by atoms with Gasteiger partial charge in [0.15, 0.2) is 0 Å². The van der Waals surface area contributed by atoms with Gasteiger partial charge >= 0.3 is 0 Å². The number of carbonyl (C=O) groups is 1. The lowest BCUT2D eigenvalue weighted by molar-refractivity contribution is -0.121. The monoisotopic (exact) mass is 312 g/mol. The number of sulfonamides is 1. The van der Waals surface area contributed by atoms with Crippen molar-refractivity contribution in [2.75, 3.05) is 17.1 Å². The molecule has 0 bridgehead atoms. The van der Waals surface area contributed by atoms with Gasteiger partial charge in [-0.1, -0.05) is 17.7 Å². The zero-order valence-corrected chi connectivity index (χ0v) is 14.1. The maximum absolute atomic E-state index is 12.0. The Bertz CT molecular complexity index is 609. The molecular formula is C15H24N2O3S. The quantitative estimate of drug-likeness (QED) is 0.873. The average Bonchev–Trinajstić information content (AvgIpc) is 2.29. The highest BCUT2D eigenvalue weighted by molar-refractivity contribution is 7.92. The van der Waals surface area contributed by atoms with Gasteiger partial charge in [-0.25, -0.2) is 8.42 Å². The van der Waals surface area contributed by atoms with Crippen LogP contribution in [0, 0.1) is 13.8 Å². The van der Waals surface area contributed by atoms with Crippen LogP contribution in [0.3, 0.4) is 0 Å². The highest BCUT2D eigenvalue weighted by atomic mass is 32.2. The summed E-state index contributed by atoms with van der Waals surface area (Å²) in [6, 6.07) is 5.63. The Kier molecular flexibility index (Phi) is 5.78. The molecule has 0 aliphatic carbocycles. The number of hydrogen-bond donors (Lipinski definition) is 1. The number of rotatable bonds is 6. The summed E-state index contributed by atoms with van der Waals surface area (Å²) in [4.78, 5) is 11.7. The smallest absolute Gasteiger partial charge is 0.232 e. The third kappa shape index (κ3) is 5.38. The van der Waals surface area contributed by atoms with Gasteiger partial charge in [-0.05, 0) is 39.3 Å². The molecule has 0 radical (unpaired) electrons. The van der Waals surface area contributed by atoms with Crippen LogP contribution < -0.4 is 9.62 Å². The summed E-state index contributed by atoms with van der Waals surface area (Å²) in [5, 5.41) is 2.76. The molecule has 21 heavy (non-hydrogen) atoms. The van der Waals surface area contributed by atoms with Gasteiger partial charge in [0.1, 0.15) is 0 Å². The topological polar surface area (TPSA) is 66.5 Å². The number of amides is 1. The van der Waals surface area contributed by atoms with E-state index in [4.69, 9.17) is 0 Å². The summed E-state index contributed by atoms with van der Waals surface area (Å²) in [7, 11) is -3.42. The first-order valence-corrected chi connectivity index (χ1v) is 8.80. The summed E-state index contributed by atoms with van der Waals surface area (Å²) in [5.74, 6) is -0.150. The van der Waals surface area contributed by atoms with E-state index >= 15 is 0 Å². The van der Waals surface area contributed by atoms with Crippen molar-refractivity contribution >= 4 is 21.6 Å². The molecule has 1 N–H and O–H groups in total. The zero-order valence-electron chi connectivity index (χ0n) is 13.3. The van der Waals surface area contributed by atoms with E-state index in [1.807, 2.05) is 39.8 Å². The number of nitrogens with zero attached hydrogens (tertiary/aromatic N) is 1. The molecular weight excluding hydrogens is 288 g/mol. The zero-order chi connectivity index (χ0) is 16.2. The molecule has 6 heteroatoms.